The van der Waals surface area contributed by atoms with Crippen LogP contribution in [0.4, 0.5) is 0 Å². The Morgan fingerprint density at radius 1 is 0.811 bits per heavy atom. The van der Waals surface area contributed by atoms with Gasteiger partial charge in [0.2, 0.25) is 0 Å². The molecule has 0 spiro atoms. The van der Waals surface area contributed by atoms with E-state index >= 15 is 0 Å². The molecule has 37 heavy (non-hydrogen) atoms. The van der Waals surface area contributed by atoms with E-state index in [2.05, 4.69) is 26.0 Å². The minimum absolute atomic E-state index is 0.00406. The summed E-state index contributed by atoms with van der Waals surface area (Å²) in [5, 5.41) is 32.2. The minimum atomic E-state index is -0.448. The molecule has 6 rings (SSSR count). The van der Waals surface area contributed by atoms with Crippen molar-refractivity contribution >= 4 is 5.78 Å². The SMILES string of the molecule is CCC1CC2=CCC(O)Cc3cc(C(=O)c4cc5c6c(c4)CC(O)CC(CC(O)C5)[C@@H]6C)cc(c3C2)C1. The van der Waals surface area contributed by atoms with Gasteiger partial charge in [0.15, 0.2) is 5.78 Å². The number of rotatable bonds is 3. The lowest BCUT2D eigenvalue weighted by molar-refractivity contribution is 0.101. The average Bonchev–Trinajstić information content (AvgIpc) is 3.16. The Morgan fingerprint density at radius 2 is 1.38 bits per heavy atom. The number of carbonyl (C=O) groups excluding carboxylic acids is 1. The number of hydrogen-bond donors (Lipinski definition) is 3. The van der Waals surface area contributed by atoms with E-state index in [1.807, 2.05) is 18.2 Å². The van der Waals surface area contributed by atoms with Crippen molar-refractivity contribution in [1.29, 1.82) is 0 Å². The Bertz CT molecular complexity index is 1220. The fraction of sp³-hybridized carbons (Fsp3) is 0.545. The van der Waals surface area contributed by atoms with E-state index in [9.17, 15) is 20.1 Å². The molecule has 0 radical (unpaired) electrons. The third-order valence-corrected chi connectivity index (χ3v) is 9.71. The van der Waals surface area contributed by atoms with Crippen LogP contribution in [0.1, 0.15) is 101 Å². The molecule has 0 saturated heterocycles. The van der Waals surface area contributed by atoms with Crippen LogP contribution in [0, 0.1) is 11.8 Å². The zero-order chi connectivity index (χ0) is 25.8. The summed E-state index contributed by atoms with van der Waals surface area (Å²) in [6.07, 6.45) is 8.78. The summed E-state index contributed by atoms with van der Waals surface area (Å²) >= 11 is 0. The van der Waals surface area contributed by atoms with Gasteiger partial charge in [-0.05, 0) is 133 Å². The summed E-state index contributed by atoms with van der Waals surface area (Å²) in [5.41, 5.74) is 9.85. The monoisotopic (exact) mass is 500 g/mol. The Morgan fingerprint density at radius 3 is 2.00 bits per heavy atom. The van der Waals surface area contributed by atoms with Crippen LogP contribution < -0.4 is 0 Å². The van der Waals surface area contributed by atoms with Crippen molar-refractivity contribution in [3.8, 4) is 0 Å². The molecule has 4 heteroatoms. The molecule has 2 aromatic rings. The van der Waals surface area contributed by atoms with Gasteiger partial charge in [-0.2, -0.15) is 0 Å². The van der Waals surface area contributed by atoms with Gasteiger partial charge in [0.05, 0.1) is 18.3 Å². The fourth-order valence-corrected chi connectivity index (χ4v) is 7.77. The average molecular weight is 501 g/mol. The van der Waals surface area contributed by atoms with E-state index in [4.69, 9.17) is 0 Å². The number of ketones is 1. The lowest BCUT2D eigenvalue weighted by Crippen LogP contribution is -2.21. The molecular weight excluding hydrogens is 460 g/mol. The Hall–Kier alpha value is -2.27. The molecule has 4 bridgehead atoms. The number of carbonyl (C=O) groups is 1. The van der Waals surface area contributed by atoms with Crippen LogP contribution in [0.25, 0.3) is 0 Å². The summed E-state index contributed by atoms with van der Waals surface area (Å²) in [7, 11) is 0. The van der Waals surface area contributed by atoms with Crippen LogP contribution in [0.3, 0.4) is 0 Å². The highest BCUT2D eigenvalue weighted by Crippen LogP contribution is 2.43. The molecule has 0 aliphatic heterocycles. The second-order valence-corrected chi connectivity index (χ2v) is 12.4. The smallest absolute Gasteiger partial charge is 0.193 e. The molecule has 0 heterocycles. The largest absolute Gasteiger partial charge is 0.393 e. The maximum atomic E-state index is 14.1. The first-order valence-electron chi connectivity index (χ1n) is 14.4. The van der Waals surface area contributed by atoms with Gasteiger partial charge in [-0.15, -0.1) is 0 Å². The maximum absolute atomic E-state index is 14.1. The van der Waals surface area contributed by atoms with Crippen molar-refractivity contribution in [2.24, 2.45) is 11.8 Å². The first-order chi connectivity index (χ1) is 17.8. The fourth-order valence-electron chi connectivity index (χ4n) is 7.77. The molecule has 0 fully saturated rings. The van der Waals surface area contributed by atoms with E-state index in [-0.39, 0.29) is 17.6 Å². The summed E-state index contributed by atoms with van der Waals surface area (Å²) < 4.78 is 0. The van der Waals surface area contributed by atoms with Gasteiger partial charge < -0.3 is 15.3 Å². The standard InChI is InChI=1S/C33H40O4/c1-3-19-6-20-4-5-28(34)15-23-10-26(9-22(7-19)31(23)8-20)33(37)27-11-24-16-29(35)13-21-14-30(36)17-25(12-27)32(24)18(21)2/h4,9-12,18-19,21,28-30,34-36H,3,5-8,13-17H2,1-2H3/t18-,19?,21?,28?,29?,30?/m0/s1. The van der Waals surface area contributed by atoms with Crippen LogP contribution in [0.5, 0.6) is 0 Å². The predicted octanol–water partition coefficient (Wildman–Crippen LogP) is 5.00. The van der Waals surface area contributed by atoms with E-state index in [1.165, 1.54) is 22.3 Å². The highest BCUT2D eigenvalue weighted by Gasteiger charge is 2.35. The summed E-state index contributed by atoms with van der Waals surface area (Å²) in [6.45, 7) is 4.46. The minimum Gasteiger partial charge on any atom is -0.393 e. The second kappa shape index (κ2) is 9.80. The first kappa shape index (κ1) is 25.0. The van der Waals surface area contributed by atoms with Crippen LogP contribution >= 0.6 is 0 Å². The Balaban J connectivity index is 1.45. The normalized spacial score (nSPS) is 30.8. The van der Waals surface area contributed by atoms with Crippen LogP contribution in [0.2, 0.25) is 0 Å². The van der Waals surface area contributed by atoms with E-state index in [1.54, 1.807) is 0 Å². The van der Waals surface area contributed by atoms with Gasteiger partial charge in [-0.3, -0.25) is 4.79 Å². The topological polar surface area (TPSA) is 77.8 Å². The third-order valence-electron chi connectivity index (χ3n) is 9.71. The number of hydrogen-bond acceptors (Lipinski definition) is 4. The number of aliphatic hydroxyl groups is 3. The molecule has 0 aromatic heterocycles. The maximum Gasteiger partial charge on any atom is 0.193 e. The third kappa shape index (κ3) is 4.73. The van der Waals surface area contributed by atoms with E-state index in [0.717, 1.165) is 42.4 Å². The second-order valence-electron chi connectivity index (χ2n) is 12.4. The number of aliphatic hydroxyl groups excluding tert-OH is 3. The van der Waals surface area contributed by atoms with Crippen LogP contribution in [-0.4, -0.2) is 39.4 Å². The quantitative estimate of drug-likeness (QED) is 0.409. The molecule has 0 amide bonds. The molecular formula is C33H40O4. The number of fused-ring (bicyclic) bond motifs is 2. The predicted molar refractivity (Wildman–Crippen MR) is 145 cm³/mol. The highest BCUT2D eigenvalue weighted by atomic mass is 16.3. The molecule has 0 saturated carbocycles. The first-order valence-corrected chi connectivity index (χ1v) is 14.4. The van der Waals surface area contributed by atoms with Crippen LogP contribution in [0.15, 0.2) is 35.9 Å². The van der Waals surface area contributed by atoms with E-state index in [0.29, 0.717) is 55.6 Å². The molecule has 196 valence electrons. The van der Waals surface area contributed by atoms with Gasteiger partial charge in [-0.25, -0.2) is 0 Å². The molecule has 4 nitrogen and oxygen atoms in total. The van der Waals surface area contributed by atoms with Gasteiger partial charge in [0, 0.05) is 11.1 Å². The van der Waals surface area contributed by atoms with Crippen molar-refractivity contribution in [2.45, 2.75) is 102 Å². The molecule has 2 aromatic carbocycles. The summed E-state index contributed by atoms with van der Waals surface area (Å²) in [5.74, 6) is 1.09. The van der Waals surface area contributed by atoms with Crippen molar-refractivity contribution < 1.29 is 20.1 Å². The van der Waals surface area contributed by atoms with Crippen LogP contribution in [-0.2, 0) is 32.1 Å². The summed E-state index contributed by atoms with van der Waals surface area (Å²) in [6, 6.07) is 8.18. The molecule has 4 unspecified atom stereocenters. The molecule has 4 aliphatic carbocycles. The van der Waals surface area contributed by atoms with Crippen molar-refractivity contribution in [3.05, 3.63) is 80.4 Å². The lowest BCUT2D eigenvalue weighted by atomic mass is 9.82. The summed E-state index contributed by atoms with van der Waals surface area (Å²) in [4.78, 5) is 14.1. The Kier molecular flexibility index (Phi) is 6.63. The lowest BCUT2D eigenvalue weighted by Gasteiger charge is -2.23. The van der Waals surface area contributed by atoms with Crippen molar-refractivity contribution in [2.75, 3.05) is 0 Å². The number of allylic oxidation sites excluding steroid dienone is 1. The van der Waals surface area contributed by atoms with Crippen molar-refractivity contribution in [1.82, 2.24) is 0 Å². The molecule has 3 N–H and O–H groups in total. The van der Waals surface area contributed by atoms with Gasteiger partial charge in [-0.1, -0.05) is 31.9 Å². The zero-order valence-electron chi connectivity index (χ0n) is 22.2. The van der Waals surface area contributed by atoms with Gasteiger partial charge in [0.25, 0.3) is 0 Å². The van der Waals surface area contributed by atoms with Crippen molar-refractivity contribution in [3.63, 3.8) is 0 Å². The Labute approximate surface area is 220 Å². The number of benzene rings is 2. The van der Waals surface area contributed by atoms with Gasteiger partial charge in [0.1, 0.15) is 0 Å². The molecule has 5 atom stereocenters. The van der Waals surface area contributed by atoms with Gasteiger partial charge >= 0.3 is 0 Å². The molecule has 4 aliphatic rings. The highest BCUT2D eigenvalue weighted by molar-refractivity contribution is 6.09. The van der Waals surface area contributed by atoms with E-state index < -0.39 is 18.3 Å². The zero-order valence-corrected chi connectivity index (χ0v) is 22.2.